The summed E-state index contributed by atoms with van der Waals surface area (Å²) in [5, 5.41) is 12.8. The number of anilines is 1. The number of piperidine rings is 1. The normalized spacial score (nSPS) is 19.5. The van der Waals surface area contributed by atoms with Crippen LogP contribution in [0.1, 0.15) is 36.0 Å². The van der Waals surface area contributed by atoms with Gasteiger partial charge in [-0.15, -0.1) is 0 Å². The fraction of sp³-hybridized carbons (Fsp3) is 0.379. The molecule has 2 aliphatic rings. The van der Waals surface area contributed by atoms with Crippen molar-refractivity contribution in [2.75, 3.05) is 38.1 Å². The highest BCUT2D eigenvalue weighted by molar-refractivity contribution is 5.89. The zero-order valence-corrected chi connectivity index (χ0v) is 21.6. The summed E-state index contributed by atoms with van der Waals surface area (Å²) in [6, 6.07) is 14.6. The molecule has 1 N–H and O–H groups in total. The van der Waals surface area contributed by atoms with Crippen LogP contribution in [0.4, 0.5) is 18.9 Å². The summed E-state index contributed by atoms with van der Waals surface area (Å²) in [4.78, 5) is 26.9. The summed E-state index contributed by atoms with van der Waals surface area (Å²) in [7, 11) is 2.03. The third-order valence-electron chi connectivity index (χ3n) is 7.81. The number of likely N-dealkylation sites (tertiary alicyclic amines) is 1. The lowest BCUT2D eigenvalue weighted by molar-refractivity contribution is -0.137. The maximum absolute atomic E-state index is 13.9. The van der Waals surface area contributed by atoms with Crippen LogP contribution in [-0.2, 0) is 16.4 Å². The van der Waals surface area contributed by atoms with Crippen molar-refractivity contribution in [1.29, 1.82) is 5.26 Å². The molecule has 2 aliphatic heterocycles. The Morgan fingerprint density at radius 3 is 2.44 bits per heavy atom. The largest absolute Gasteiger partial charge is 0.416 e. The van der Waals surface area contributed by atoms with E-state index in [0.29, 0.717) is 37.3 Å². The Morgan fingerprint density at radius 1 is 1.08 bits per heavy atom. The van der Waals surface area contributed by atoms with Crippen LogP contribution < -0.4 is 10.2 Å². The lowest BCUT2D eigenvalue weighted by Gasteiger charge is -2.42. The monoisotopic (exact) mass is 534 g/mol. The molecule has 0 bridgehead atoms. The second-order valence-corrected chi connectivity index (χ2v) is 10.3. The Labute approximate surface area is 225 Å². The summed E-state index contributed by atoms with van der Waals surface area (Å²) >= 11 is 0. The molecule has 0 saturated carbocycles. The number of benzene rings is 1. The number of hydrogen-bond donors (Lipinski definition) is 1. The maximum Gasteiger partial charge on any atom is 0.416 e. The van der Waals surface area contributed by atoms with Crippen LogP contribution in [0, 0.1) is 11.3 Å². The van der Waals surface area contributed by atoms with E-state index in [1.807, 2.05) is 48.3 Å². The Balaban J connectivity index is 1.42. The first-order chi connectivity index (χ1) is 18.7. The molecule has 0 radical (unpaired) electrons. The summed E-state index contributed by atoms with van der Waals surface area (Å²) in [5.41, 5.74) is 0.933. The Kier molecular flexibility index (Phi) is 7.28. The van der Waals surface area contributed by atoms with Crippen LogP contribution in [0.25, 0.3) is 11.4 Å². The van der Waals surface area contributed by atoms with E-state index in [4.69, 9.17) is 0 Å². The highest BCUT2D eigenvalue weighted by Gasteiger charge is 2.44. The van der Waals surface area contributed by atoms with Crippen molar-refractivity contribution >= 4 is 11.6 Å². The molecule has 0 spiro atoms. The summed E-state index contributed by atoms with van der Waals surface area (Å²) in [6.45, 7) is 2.50. The van der Waals surface area contributed by atoms with E-state index in [9.17, 15) is 23.2 Å². The average molecular weight is 535 g/mol. The molecule has 39 heavy (non-hydrogen) atoms. The van der Waals surface area contributed by atoms with E-state index in [2.05, 4.69) is 20.2 Å². The van der Waals surface area contributed by atoms with E-state index in [-0.39, 0.29) is 17.5 Å². The van der Waals surface area contributed by atoms with Crippen molar-refractivity contribution in [2.45, 2.75) is 36.9 Å². The molecule has 2 saturated heterocycles. The molecule has 1 aromatic carbocycles. The average Bonchev–Trinajstić information content (AvgIpc) is 3.37. The molecule has 0 aliphatic carbocycles. The molecular weight excluding hydrogens is 505 g/mol. The van der Waals surface area contributed by atoms with Gasteiger partial charge in [0.15, 0.2) is 0 Å². The molecule has 1 atom stereocenters. The van der Waals surface area contributed by atoms with Crippen LogP contribution in [-0.4, -0.2) is 60.0 Å². The molecule has 5 rings (SSSR count). The lowest BCUT2D eigenvalue weighted by atomic mass is 9.72. The first-order valence-corrected chi connectivity index (χ1v) is 12.9. The van der Waals surface area contributed by atoms with Gasteiger partial charge < -0.3 is 15.1 Å². The van der Waals surface area contributed by atoms with Gasteiger partial charge >= 0.3 is 6.18 Å². The van der Waals surface area contributed by atoms with Crippen LogP contribution in [0.5, 0.6) is 0 Å². The predicted octanol–water partition coefficient (Wildman–Crippen LogP) is 4.39. The van der Waals surface area contributed by atoms with E-state index in [1.165, 1.54) is 6.07 Å². The summed E-state index contributed by atoms with van der Waals surface area (Å²) in [6.07, 6.45) is 0.639. The van der Waals surface area contributed by atoms with Gasteiger partial charge in [-0.05, 0) is 74.8 Å². The molecule has 2 fully saturated rings. The Bertz CT molecular complexity index is 1360. The number of alkyl halides is 3. The van der Waals surface area contributed by atoms with Crippen molar-refractivity contribution in [3.8, 4) is 17.5 Å². The third kappa shape index (κ3) is 5.45. The van der Waals surface area contributed by atoms with Gasteiger partial charge in [-0.2, -0.15) is 18.4 Å². The molecular formula is C29H29F3N6O. The van der Waals surface area contributed by atoms with Gasteiger partial charge in [-0.25, -0.2) is 0 Å². The van der Waals surface area contributed by atoms with E-state index in [0.717, 1.165) is 42.9 Å². The zero-order chi connectivity index (χ0) is 27.6. The van der Waals surface area contributed by atoms with Gasteiger partial charge in [-0.1, -0.05) is 12.1 Å². The van der Waals surface area contributed by atoms with E-state index < -0.39 is 17.2 Å². The fourth-order valence-electron chi connectivity index (χ4n) is 5.57. The number of pyridine rings is 2. The number of carbonyl (C=O) groups is 1. The second kappa shape index (κ2) is 10.7. The third-order valence-corrected chi connectivity index (χ3v) is 7.81. The second-order valence-electron chi connectivity index (χ2n) is 10.3. The number of nitrogens with zero attached hydrogens (tertiary/aromatic N) is 5. The number of rotatable bonds is 5. The minimum atomic E-state index is -4.53. The molecule has 1 amide bonds. The van der Waals surface area contributed by atoms with Crippen molar-refractivity contribution in [3.63, 3.8) is 0 Å². The van der Waals surface area contributed by atoms with Crippen molar-refractivity contribution in [1.82, 2.24) is 20.2 Å². The number of nitriles is 1. The number of hydrogen-bond acceptors (Lipinski definition) is 6. The van der Waals surface area contributed by atoms with Gasteiger partial charge in [-0.3, -0.25) is 14.8 Å². The van der Waals surface area contributed by atoms with Crippen LogP contribution in [0.15, 0.2) is 60.9 Å². The highest BCUT2D eigenvalue weighted by atomic mass is 19.4. The standard InChI is InChI=1S/C29H29F3N6O/c1-37-13-9-23(19-37)36-27(39)28(22-5-7-25(35-18-22)24-4-2-3-12-34-24)10-14-38(15-11-28)26-8-6-21(29(30,31)32)16-20(26)17-33/h2-8,12,16,18,23H,9-11,13-15,19H2,1H3,(H,36,39)/t23-/m0/s1. The number of carbonyl (C=O) groups excluding carboxylic acids is 1. The van der Waals surface area contributed by atoms with Gasteiger partial charge in [0.25, 0.3) is 0 Å². The minimum Gasteiger partial charge on any atom is -0.370 e. The molecule has 0 unspecified atom stereocenters. The van der Waals surface area contributed by atoms with E-state index in [1.54, 1.807) is 12.4 Å². The van der Waals surface area contributed by atoms with Gasteiger partial charge in [0.1, 0.15) is 6.07 Å². The first-order valence-electron chi connectivity index (χ1n) is 12.9. The molecule has 2 aromatic heterocycles. The van der Waals surface area contributed by atoms with Crippen molar-refractivity contribution < 1.29 is 18.0 Å². The number of aromatic nitrogens is 2. The quantitative estimate of drug-likeness (QED) is 0.523. The topological polar surface area (TPSA) is 85.2 Å². The van der Waals surface area contributed by atoms with Crippen molar-refractivity contribution in [3.05, 3.63) is 77.6 Å². The number of amides is 1. The zero-order valence-electron chi connectivity index (χ0n) is 21.6. The molecule has 10 heteroatoms. The fourth-order valence-corrected chi connectivity index (χ4v) is 5.57. The molecule has 4 heterocycles. The Hall–Kier alpha value is -3.97. The lowest BCUT2D eigenvalue weighted by Crippen LogP contribution is -2.54. The predicted molar refractivity (Wildman–Crippen MR) is 141 cm³/mol. The molecule has 202 valence electrons. The first kappa shape index (κ1) is 26.6. The number of nitrogens with one attached hydrogen (secondary N) is 1. The maximum atomic E-state index is 13.9. The molecule has 7 nitrogen and oxygen atoms in total. The Morgan fingerprint density at radius 2 is 1.85 bits per heavy atom. The van der Waals surface area contributed by atoms with E-state index >= 15 is 0 Å². The van der Waals surface area contributed by atoms with Crippen molar-refractivity contribution in [2.24, 2.45) is 0 Å². The summed E-state index contributed by atoms with van der Waals surface area (Å²) < 4.78 is 39.6. The number of halogens is 3. The smallest absolute Gasteiger partial charge is 0.370 e. The van der Waals surface area contributed by atoms with Gasteiger partial charge in [0, 0.05) is 38.1 Å². The number of likely N-dealkylation sites (N-methyl/N-ethyl adjacent to an activating group) is 1. The van der Waals surface area contributed by atoms with Crippen LogP contribution in [0.3, 0.4) is 0 Å². The van der Waals surface area contributed by atoms with Gasteiger partial charge in [0.2, 0.25) is 5.91 Å². The SMILES string of the molecule is CN1CC[C@H](NC(=O)C2(c3ccc(-c4ccccn4)nc3)CCN(c3ccc(C(F)(F)F)cc3C#N)CC2)C1. The van der Waals surface area contributed by atoms with Crippen LogP contribution in [0.2, 0.25) is 0 Å². The highest BCUT2D eigenvalue weighted by Crippen LogP contribution is 2.40. The van der Waals surface area contributed by atoms with Crippen LogP contribution >= 0.6 is 0 Å². The minimum absolute atomic E-state index is 0.0304. The summed E-state index contributed by atoms with van der Waals surface area (Å²) in [5.74, 6) is -0.0669. The van der Waals surface area contributed by atoms with Gasteiger partial charge in [0.05, 0.1) is 33.6 Å². The molecule has 3 aromatic rings.